The first-order chi connectivity index (χ1) is 9.91. The highest BCUT2D eigenvalue weighted by atomic mass is 16.2. The van der Waals surface area contributed by atoms with E-state index >= 15 is 0 Å². The molecule has 0 radical (unpaired) electrons. The standard InChI is InChI=1S/C14H20N4O3/c1-9(19)16-11-12(15)18(14(21)17(2)13(11)20)8-10-6-4-3-5-7-10/h3-4,10H,5-8,15H2,1-2H3,(H,16,19)/t10-/m0/s1. The molecule has 1 atom stereocenters. The van der Waals surface area contributed by atoms with Gasteiger partial charge in [0, 0.05) is 20.5 Å². The molecule has 1 aromatic heterocycles. The number of anilines is 2. The molecule has 7 heteroatoms. The third kappa shape index (κ3) is 3.07. The zero-order valence-corrected chi connectivity index (χ0v) is 12.3. The lowest BCUT2D eigenvalue weighted by atomic mass is 9.94. The van der Waals surface area contributed by atoms with Crippen LogP contribution in [-0.4, -0.2) is 15.0 Å². The van der Waals surface area contributed by atoms with Crippen LogP contribution in [0.15, 0.2) is 21.7 Å². The average Bonchev–Trinajstić information content (AvgIpc) is 2.47. The molecule has 3 N–H and O–H groups in total. The van der Waals surface area contributed by atoms with Gasteiger partial charge in [0.25, 0.3) is 5.56 Å². The van der Waals surface area contributed by atoms with Crippen LogP contribution in [0.4, 0.5) is 11.5 Å². The summed E-state index contributed by atoms with van der Waals surface area (Å²) in [6.45, 7) is 1.73. The van der Waals surface area contributed by atoms with Crippen molar-refractivity contribution in [3.05, 3.63) is 33.0 Å². The molecule has 7 nitrogen and oxygen atoms in total. The van der Waals surface area contributed by atoms with Crippen molar-refractivity contribution in [1.82, 2.24) is 9.13 Å². The van der Waals surface area contributed by atoms with Gasteiger partial charge < -0.3 is 11.1 Å². The molecule has 1 aliphatic carbocycles. The van der Waals surface area contributed by atoms with Gasteiger partial charge >= 0.3 is 5.69 Å². The summed E-state index contributed by atoms with van der Waals surface area (Å²) in [5, 5.41) is 2.42. The Hall–Kier alpha value is -2.31. The molecule has 2 rings (SSSR count). The van der Waals surface area contributed by atoms with E-state index in [-0.39, 0.29) is 11.5 Å². The van der Waals surface area contributed by atoms with Gasteiger partial charge in [-0.15, -0.1) is 0 Å². The summed E-state index contributed by atoms with van der Waals surface area (Å²) >= 11 is 0. The van der Waals surface area contributed by atoms with E-state index in [4.69, 9.17) is 5.73 Å². The topological polar surface area (TPSA) is 99.1 Å². The number of allylic oxidation sites excluding steroid dienone is 2. The van der Waals surface area contributed by atoms with Crippen LogP contribution in [-0.2, 0) is 18.4 Å². The SMILES string of the molecule is CC(=O)Nc1c(N)n(C[C@H]2CC=CCC2)c(=O)n(C)c1=O. The number of amides is 1. The molecular formula is C14H20N4O3. The van der Waals surface area contributed by atoms with Gasteiger partial charge in [0.1, 0.15) is 11.5 Å². The van der Waals surface area contributed by atoms with Gasteiger partial charge in [-0.3, -0.25) is 18.7 Å². The maximum atomic E-state index is 12.2. The molecule has 1 aliphatic rings. The van der Waals surface area contributed by atoms with E-state index in [0.29, 0.717) is 12.5 Å². The summed E-state index contributed by atoms with van der Waals surface area (Å²) in [4.78, 5) is 35.5. The van der Waals surface area contributed by atoms with Crippen molar-refractivity contribution in [2.75, 3.05) is 11.1 Å². The maximum absolute atomic E-state index is 12.2. The highest BCUT2D eigenvalue weighted by Gasteiger charge is 2.19. The Kier molecular flexibility index (Phi) is 4.30. The monoisotopic (exact) mass is 292 g/mol. The van der Waals surface area contributed by atoms with E-state index < -0.39 is 17.2 Å². The molecule has 0 fully saturated rings. The van der Waals surface area contributed by atoms with Crippen molar-refractivity contribution in [2.45, 2.75) is 32.7 Å². The molecule has 1 heterocycles. The lowest BCUT2D eigenvalue weighted by Gasteiger charge is -2.21. The van der Waals surface area contributed by atoms with Crippen molar-refractivity contribution < 1.29 is 4.79 Å². The van der Waals surface area contributed by atoms with Crippen LogP contribution in [0.25, 0.3) is 0 Å². The third-order valence-corrected chi connectivity index (χ3v) is 3.70. The first-order valence-corrected chi connectivity index (χ1v) is 6.93. The summed E-state index contributed by atoms with van der Waals surface area (Å²) in [5.41, 5.74) is 4.86. The zero-order chi connectivity index (χ0) is 15.6. The average molecular weight is 292 g/mol. The van der Waals surface area contributed by atoms with E-state index in [9.17, 15) is 14.4 Å². The normalized spacial score (nSPS) is 17.7. The summed E-state index contributed by atoms with van der Waals surface area (Å²) in [6.07, 6.45) is 7.03. The summed E-state index contributed by atoms with van der Waals surface area (Å²) in [7, 11) is 1.38. The number of nitrogens with zero attached hydrogens (tertiary/aromatic N) is 2. The van der Waals surface area contributed by atoms with Gasteiger partial charge in [-0.05, 0) is 25.2 Å². The highest BCUT2D eigenvalue weighted by molar-refractivity contribution is 5.91. The Morgan fingerprint density at radius 3 is 2.71 bits per heavy atom. The predicted molar refractivity (Wildman–Crippen MR) is 81.1 cm³/mol. The van der Waals surface area contributed by atoms with E-state index in [1.807, 2.05) is 0 Å². The first kappa shape index (κ1) is 15.1. The second-order valence-corrected chi connectivity index (χ2v) is 5.35. The molecule has 1 aromatic rings. The van der Waals surface area contributed by atoms with Crippen molar-refractivity contribution >= 4 is 17.4 Å². The fraction of sp³-hybridized carbons (Fsp3) is 0.500. The number of hydrogen-bond donors (Lipinski definition) is 2. The molecule has 0 aliphatic heterocycles. The first-order valence-electron chi connectivity index (χ1n) is 6.93. The fourth-order valence-corrected chi connectivity index (χ4v) is 2.53. The van der Waals surface area contributed by atoms with E-state index in [1.165, 1.54) is 18.5 Å². The van der Waals surface area contributed by atoms with E-state index in [0.717, 1.165) is 23.8 Å². The molecule has 0 saturated carbocycles. The largest absolute Gasteiger partial charge is 0.383 e. The van der Waals surface area contributed by atoms with Crippen molar-refractivity contribution in [3.8, 4) is 0 Å². The minimum Gasteiger partial charge on any atom is -0.383 e. The second kappa shape index (κ2) is 5.99. The minimum atomic E-state index is -0.590. The number of carbonyl (C=O) groups is 1. The van der Waals surface area contributed by atoms with Crippen molar-refractivity contribution in [2.24, 2.45) is 13.0 Å². The molecule has 1 amide bonds. The van der Waals surface area contributed by atoms with Crippen LogP contribution in [0.5, 0.6) is 0 Å². The fourth-order valence-electron chi connectivity index (χ4n) is 2.53. The summed E-state index contributed by atoms with van der Waals surface area (Å²) in [5.74, 6) is -0.0740. The number of nitrogens with two attached hydrogens (primary N) is 1. The lowest BCUT2D eigenvalue weighted by Crippen LogP contribution is -2.42. The second-order valence-electron chi connectivity index (χ2n) is 5.35. The van der Waals surface area contributed by atoms with E-state index in [1.54, 1.807) is 0 Å². The van der Waals surface area contributed by atoms with E-state index in [2.05, 4.69) is 17.5 Å². The molecular weight excluding hydrogens is 272 g/mol. The van der Waals surface area contributed by atoms with Gasteiger partial charge in [0.05, 0.1) is 0 Å². The number of nitrogens with one attached hydrogen (secondary N) is 1. The maximum Gasteiger partial charge on any atom is 0.332 e. The zero-order valence-electron chi connectivity index (χ0n) is 12.3. The number of nitrogen functional groups attached to an aromatic ring is 1. The molecule has 114 valence electrons. The molecule has 21 heavy (non-hydrogen) atoms. The molecule has 0 spiro atoms. The highest BCUT2D eigenvalue weighted by Crippen LogP contribution is 2.21. The molecule has 0 aromatic carbocycles. The van der Waals surface area contributed by atoms with Gasteiger partial charge in [-0.1, -0.05) is 12.2 Å². The van der Waals surface area contributed by atoms with Crippen molar-refractivity contribution in [1.29, 1.82) is 0 Å². The Labute approximate surface area is 122 Å². The van der Waals surface area contributed by atoms with Crippen LogP contribution >= 0.6 is 0 Å². The van der Waals surface area contributed by atoms with Crippen LogP contribution in [0.3, 0.4) is 0 Å². The van der Waals surface area contributed by atoms with Gasteiger partial charge in [-0.2, -0.15) is 0 Å². The Morgan fingerprint density at radius 2 is 2.14 bits per heavy atom. The van der Waals surface area contributed by atoms with Crippen LogP contribution in [0.1, 0.15) is 26.2 Å². The van der Waals surface area contributed by atoms with Crippen LogP contribution < -0.4 is 22.3 Å². The molecule has 0 bridgehead atoms. The van der Waals surface area contributed by atoms with Gasteiger partial charge in [0.15, 0.2) is 0 Å². The summed E-state index contributed by atoms with van der Waals surface area (Å²) < 4.78 is 2.34. The third-order valence-electron chi connectivity index (χ3n) is 3.70. The van der Waals surface area contributed by atoms with Gasteiger partial charge in [0.2, 0.25) is 5.91 Å². The number of carbonyl (C=O) groups excluding carboxylic acids is 1. The Morgan fingerprint density at radius 1 is 1.43 bits per heavy atom. The van der Waals surface area contributed by atoms with Crippen LogP contribution in [0.2, 0.25) is 0 Å². The number of aromatic nitrogens is 2. The molecule has 0 saturated heterocycles. The summed E-state index contributed by atoms with van der Waals surface area (Å²) in [6, 6.07) is 0. The Bertz CT molecular complexity index is 699. The molecule has 0 unspecified atom stereocenters. The minimum absolute atomic E-state index is 0.0212. The lowest BCUT2D eigenvalue weighted by molar-refractivity contribution is -0.114. The van der Waals surface area contributed by atoms with Gasteiger partial charge in [-0.25, -0.2) is 4.79 Å². The number of hydrogen-bond acceptors (Lipinski definition) is 4. The number of rotatable bonds is 3. The van der Waals surface area contributed by atoms with Crippen LogP contribution in [0, 0.1) is 5.92 Å². The smallest absolute Gasteiger partial charge is 0.332 e. The van der Waals surface area contributed by atoms with Crippen molar-refractivity contribution in [3.63, 3.8) is 0 Å². The Balaban J connectivity index is 2.47. The predicted octanol–water partition coefficient (Wildman–Crippen LogP) is 0.444. The quantitative estimate of drug-likeness (QED) is 0.790.